The van der Waals surface area contributed by atoms with Crippen molar-refractivity contribution in [2.24, 2.45) is 0 Å². The summed E-state index contributed by atoms with van der Waals surface area (Å²) in [5.41, 5.74) is -2.13. The number of thioether (sulfide) groups is 1. The van der Waals surface area contributed by atoms with E-state index in [-0.39, 0.29) is 0 Å². The quantitative estimate of drug-likeness (QED) is 0.0230. The molecule has 2 heterocycles. The smallest absolute Gasteiger partial charge is 0.395 e. The van der Waals surface area contributed by atoms with Gasteiger partial charge in [-0.15, -0.1) is 11.8 Å². The molecule has 0 spiro atoms. The lowest BCUT2D eigenvalue weighted by Gasteiger charge is -2.48. The molecule has 41 nitrogen and oxygen atoms in total. The molecular weight excluding hydrogens is 1760 g/mol. The monoisotopic (exact) mass is 1920 g/mol. The van der Waals surface area contributed by atoms with E-state index in [4.69, 9.17) is 18.8 Å². The molecule has 0 aliphatic carbocycles. The highest BCUT2D eigenvalue weighted by molar-refractivity contribution is 8.00. The molecule has 2 rings (SSSR count). The van der Waals surface area contributed by atoms with Gasteiger partial charge in [0.1, 0.15) is 48.2 Å². The summed E-state index contributed by atoms with van der Waals surface area (Å²) >= 11 is 4.25. The van der Waals surface area contributed by atoms with Crippen molar-refractivity contribution in [1.82, 2.24) is 44.1 Å². The fourth-order valence-electron chi connectivity index (χ4n) is 10.4. The summed E-state index contributed by atoms with van der Waals surface area (Å²) in [7, 11) is -41.2. The molecule has 730 valence electrons. The normalized spacial score (nSPS) is 20.0. The van der Waals surface area contributed by atoms with Crippen LogP contribution in [-0.2, 0) is 116 Å². The number of aliphatic hydroxyl groups excluding tert-OH is 1. The molecule has 0 radical (unpaired) electrons. The van der Waals surface area contributed by atoms with Gasteiger partial charge in [-0.1, -0.05) is 187 Å². The average Bonchev–Trinajstić information content (AvgIpc) is 0.757. The van der Waals surface area contributed by atoms with Gasteiger partial charge in [0.15, 0.2) is 12.4 Å². The predicted octanol–water partition coefficient (Wildman–Crippen LogP) is 6.56. The first-order valence-corrected chi connectivity index (χ1v) is 52.1. The van der Waals surface area contributed by atoms with Crippen molar-refractivity contribution >= 4 is 97.2 Å². The second-order valence-corrected chi connectivity index (χ2v) is 34.1. The summed E-state index contributed by atoms with van der Waals surface area (Å²) in [4.78, 5) is 21.4. The Morgan fingerprint density at radius 3 is 0.647 bits per heavy atom. The van der Waals surface area contributed by atoms with Gasteiger partial charge in [-0.25, -0.2) is 29.3 Å². The molecule has 0 amide bonds. The molecule has 0 saturated carbocycles. The van der Waals surface area contributed by atoms with Crippen LogP contribution in [0.2, 0.25) is 0 Å². The van der Waals surface area contributed by atoms with Crippen molar-refractivity contribution in [3.8, 4) is 0 Å². The minimum absolute atomic E-state index is 0.308. The molecule has 2 fully saturated rings. The Kier molecular flexibility index (Phi) is 86.8. The molecule has 1 unspecified atom stereocenters. The Morgan fingerprint density at radius 2 is 0.462 bits per heavy atom. The van der Waals surface area contributed by atoms with E-state index in [2.05, 4.69) is 273 Å². The van der Waals surface area contributed by atoms with E-state index < -0.39 is 164 Å². The maximum Gasteiger partial charge on any atom is 0.397 e. The SMILES string of the molecule is CCN(CC)CC.CCN(CC)CC.CCN(CC)CC.CCN(CC)CC.CCN(CC)CC.CCN(CC)CC.CCN(CC)CC.CCN(CC)CC.CCN(CC)CC.O=S(=O)(O)OC[C@H]1O[C@@H](SCC(S)CO)[C@H](OS(=O)(=O)O)[C@@H](OS(=O)(=O)O)[C@@H]1O[C@H]1O[C@H](COS(=O)(=O)O)[C@@H](OS(=O)(=O)O)[C@H](OS(=O)(=O)O)[C@H]1OS(=O)(=O)O. The molecule has 50 heteroatoms. The first-order chi connectivity index (χ1) is 55.1. The lowest BCUT2D eigenvalue weighted by Crippen LogP contribution is -2.67. The van der Waals surface area contributed by atoms with E-state index in [9.17, 15) is 91.3 Å². The molecular formula is C69H163N9O32S9. The first-order valence-electron chi connectivity index (χ1n) is 41.0. The molecule has 0 bridgehead atoms. The van der Waals surface area contributed by atoms with Crippen LogP contribution in [-0.4, -0.2) is 408 Å². The van der Waals surface area contributed by atoms with Crippen LogP contribution in [0.4, 0.5) is 0 Å². The van der Waals surface area contributed by atoms with Gasteiger partial charge in [-0.3, -0.25) is 31.9 Å². The molecule has 11 atom stereocenters. The molecule has 0 aromatic rings. The molecule has 0 aromatic heterocycles. The number of aliphatic hydroxyl groups is 1. The zero-order valence-electron chi connectivity index (χ0n) is 76.4. The number of thiol groups is 1. The standard InChI is InChI=1S/C15H28O32S9.9C6H15N/c16-1-5(48)4-49-15-13(47-56(35,36)37)10(44-53(26,27)28)8(6(41-15)2-38-50(17,18)19)42-14-12(46-55(32,33)34)11(45-54(29,30)31)9(43-52(23,24)25)7(40-14)3-39-51(20,21)22;9*1-4-7(5-2)6-3/h5-16,48H,1-4H2,(H,17,18,19)(H,20,21,22)(H,23,24,25)(H,26,27,28)(H,29,30,31)(H,32,33,34)(H,35,36,37);9*4-6H2,1-3H3/t5?,6-,7-,8-,9-,10+,11+,12-,13-,14-,15+;;;;;;;;;/m1........./s1. The van der Waals surface area contributed by atoms with Crippen molar-refractivity contribution in [3.63, 3.8) is 0 Å². The summed E-state index contributed by atoms with van der Waals surface area (Å²) in [5, 5.41) is 8.29. The number of rotatable bonds is 49. The van der Waals surface area contributed by atoms with Gasteiger partial charge in [0.25, 0.3) is 0 Å². The van der Waals surface area contributed by atoms with Crippen LogP contribution in [0, 0.1) is 0 Å². The van der Waals surface area contributed by atoms with Gasteiger partial charge >= 0.3 is 72.8 Å². The zero-order valence-corrected chi connectivity index (χ0v) is 83.8. The van der Waals surface area contributed by atoms with Crippen molar-refractivity contribution in [1.29, 1.82) is 0 Å². The Labute approximate surface area is 731 Å². The van der Waals surface area contributed by atoms with Gasteiger partial charge in [-0.2, -0.15) is 71.6 Å². The predicted molar refractivity (Wildman–Crippen MR) is 473 cm³/mol. The minimum Gasteiger partial charge on any atom is -0.395 e. The maximum absolute atomic E-state index is 12.0. The van der Waals surface area contributed by atoms with E-state index in [1.165, 1.54) is 177 Å². The zero-order chi connectivity index (χ0) is 94.7. The fourth-order valence-corrected chi connectivity index (χ4v) is 15.0. The Bertz CT molecular complexity index is 2930. The van der Waals surface area contributed by atoms with Crippen LogP contribution in [0.15, 0.2) is 0 Å². The van der Waals surface area contributed by atoms with Crippen LogP contribution in [0.3, 0.4) is 0 Å². The molecule has 119 heavy (non-hydrogen) atoms. The van der Waals surface area contributed by atoms with Crippen molar-refractivity contribution in [2.45, 2.75) is 253 Å². The fraction of sp³-hybridized carbons (Fsp3) is 1.00. The highest BCUT2D eigenvalue weighted by Crippen LogP contribution is 2.39. The lowest BCUT2D eigenvalue weighted by molar-refractivity contribution is -0.325. The van der Waals surface area contributed by atoms with Crippen molar-refractivity contribution < 1.29 is 139 Å². The third-order valence-electron chi connectivity index (χ3n) is 18.1. The second kappa shape index (κ2) is 77.2. The Balaban J connectivity index is -0.000000257. The minimum atomic E-state index is -6.11. The topological polar surface area (TPSA) is 522 Å². The summed E-state index contributed by atoms with van der Waals surface area (Å²) < 4.78 is 275. The second-order valence-electron chi connectivity index (χ2n) is 24.8. The highest BCUT2D eigenvalue weighted by atomic mass is 32.3. The summed E-state index contributed by atoms with van der Waals surface area (Å²) in [6.07, 6.45) is -26.5. The Hall–Kier alpha value is -0.730. The van der Waals surface area contributed by atoms with E-state index >= 15 is 0 Å². The van der Waals surface area contributed by atoms with E-state index in [0.717, 1.165) is 0 Å². The molecule has 2 saturated heterocycles. The average molecular weight is 1920 g/mol. The van der Waals surface area contributed by atoms with Crippen molar-refractivity contribution in [2.75, 3.05) is 202 Å². The lowest BCUT2D eigenvalue weighted by atomic mass is 9.97. The number of ether oxygens (including phenoxy) is 3. The molecule has 2 aliphatic rings. The summed E-state index contributed by atoms with van der Waals surface area (Å²) in [6.45, 7) is 86.9. The van der Waals surface area contributed by atoms with E-state index in [1.54, 1.807) is 0 Å². The van der Waals surface area contributed by atoms with Gasteiger partial charge in [-0.05, 0) is 177 Å². The maximum atomic E-state index is 12.0. The van der Waals surface area contributed by atoms with Gasteiger partial charge in [0, 0.05) is 11.0 Å². The first kappa shape index (κ1) is 134. The van der Waals surface area contributed by atoms with Gasteiger partial charge in [0.05, 0.1) is 19.8 Å². The third-order valence-corrected chi connectivity index (χ3v) is 23.2. The van der Waals surface area contributed by atoms with Gasteiger partial charge in [0.2, 0.25) is 0 Å². The largest absolute Gasteiger partial charge is 0.397 e. The van der Waals surface area contributed by atoms with Crippen LogP contribution < -0.4 is 0 Å². The molecule has 8 N–H and O–H groups in total. The number of hydrogen-bond donors (Lipinski definition) is 9. The van der Waals surface area contributed by atoms with Crippen LogP contribution in [0.5, 0.6) is 0 Å². The van der Waals surface area contributed by atoms with Crippen LogP contribution in [0.25, 0.3) is 0 Å². The van der Waals surface area contributed by atoms with Gasteiger partial charge < -0.3 is 63.4 Å². The van der Waals surface area contributed by atoms with E-state index in [1.807, 2.05) is 0 Å². The van der Waals surface area contributed by atoms with Crippen LogP contribution in [0.1, 0.15) is 187 Å². The third kappa shape index (κ3) is 78.1. The highest BCUT2D eigenvalue weighted by Gasteiger charge is 2.59. The number of hydrogen-bond acceptors (Lipinski definition) is 36. The summed E-state index contributed by atoms with van der Waals surface area (Å²) in [5.74, 6) is -0.444. The van der Waals surface area contributed by atoms with Crippen molar-refractivity contribution in [3.05, 3.63) is 0 Å². The Morgan fingerprint density at radius 1 is 0.277 bits per heavy atom. The molecule has 2 aliphatic heterocycles. The summed E-state index contributed by atoms with van der Waals surface area (Å²) in [6, 6.07) is 0. The molecule has 0 aromatic carbocycles. The van der Waals surface area contributed by atoms with E-state index in [0.29, 0.717) is 11.8 Å². The number of nitrogens with zero attached hydrogens (tertiary/aromatic N) is 9. The van der Waals surface area contributed by atoms with Crippen LogP contribution >= 0.6 is 24.4 Å².